The van der Waals surface area contributed by atoms with Crippen molar-refractivity contribution in [1.29, 1.82) is 0 Å². The fourth-order valence-corrected chi connectivity index (χ4v) is 15.7. The van der Waals surface area contributed by atoms with Gasteiger partial charge in [-0.3, -0.25) is 4.68 Å². The summed E-state index contributed by atoms with van der Waals surface area (Å²) in [4.78, 5) is 0. The van der Waals surface area contributed by atoms with E-state index in [-0.39, 0.29) is 29.5 Å². The molecule has 3 atom stereocenters. The molecule has 3 unspecified atom stereocenters. The lowest BCUT2D eigenvalue weighted by Gasteiger charge is -2.38. The van der Waals surface area contributed by atoms with Crippen molar-refractivity contribution in [2.75, 3.05) is 19.8 Å². The summed E-state index contributed by atoms with van der Waals surface area (Å²) in [6.07, 6.45) is 4.81. The molecule has 1 saturated heterocycles. The Morgan fingerprint density at radius 2 is 1.65 bits per heavy atom. The van der Waals surface area contributed by atoms with Crippen LogP contribution in [0.5, 0.6) is 11.8 Å². The van der Waals surface area contributed by atoms with Crippen molar-refractivity contribution in [3.8, 4) is 34.4 Å². The second-order valence-corrected chi connectivity index (χ2v) is 31.0. The van der Waals surface area contributed by atoms with E-state index >= 15 is 0 Å². The number of ether oxygens (including phenoxy) is 3. The first kappa shape index (κ1) is 48.3. The SMILES string of the molecule is CC(C)Oc1nn(CCO[Si](C)(C)C(C)(C)C)c(C(C)NCC(C)Oc2c(-c3ccc4c(c3)c(C#C[Si](C(C)C)(C(C)C)C(C)C)nn4C3CCCCO3)cnn2C)c1I. The highest BCUT2D eigenvalue weighted by molar-refractivity contribution is 14.1. The van der Waals surface area contributed by atoms with Crippen LogP contribution in [0.4, 0.5) is 0 Å². The monoisotopic (exact) mass is 971 g/mol. The molecule has 4 heterocycles. The Kier molecular flexibility index (Phi) is 15.9. The van der Waals surface area contributed by atoms with E-state index in [2.05, 4.69) is 161 Å². The molecule has 5 rings (SSSR count). The lowest BCUT2D eigenvalue weighted by molar-refractivity contribution is -0.0367. The largest absolute Gasteiger partial charge is 0.473 e. The minimum Gasteiger partial charge on any atom is -0.473 e. The fourth-order valence-electron chi connectivity index (χ4n) is 8.49. The van der Waals surface area contributed by atoms with Crippen molar-refractivity contribution >= 4 is 49.9 Å². The van der Waals surface area contributed by atoms with Gasteiger partial charge in [-0.1, -0.05) is 74.3 Å². The Bertz CT molecular complexity index is 2090. The number of benzene rings is 1. The van der Waals surface area contributed by atoms with E-state index in [1.807, 2.05) is 31.8 Å². The zero-order valence-electron chi connectivity index (χ0n) is 39.5. The van der Waals surface area contributed by atoms with Crippen molar-refractivity contribution in [2.45, 2.75) is 175 Å². The van der Waals surface area contributed by atoms with Crippen LogP contribution in [0.15, 0.2) is 24.4 Å². The van der Waals surface area contributed by atoms with Gasteiger partial charge in [0.05, 0.1) is 45.8 Å². The summed E-state index contributed by atoms with van der Waals surface area (Å²) in [5, 5.41) is 19.7. The number of fused-ring (bicyclic) bond motifs is 1. The van der Waals surface area contributed by atoms with Gasteiger partial charge in [-0.15, -0.1) is 10.6 Å². The number of nitrogens with one attached hydrogen (secondary N) is 1. The van der Waals surface area contributed by atoms with E-state index in [1.54, 1.807) is 0 Å². The molecule has 60 heavy (non-hydrogen) atoms. The summed E-state index contributed by atoms with van der Waals surface area (Å²) in [6, 6.07) is 6.52. The molecule has 1 N–H and O–H groups in total. The second-order valence-electron chi connectivity index (χ2n) is 19.5. The van der Waals surface area contributed by atoms with Crippen molar-refractivity contribution in [3.63, 3.8) is 0 Å². The summed E-state index contributed by atoms with van der Waals surface area (Å²) in [7, 11) is -1.96. The summed E-state index contributed by atoms with van der Waals surface area (Å²) in [6.45, 7) is 36.5. The number of nitrogens with zero attached hydrogens (tertiary/aromatic N) is 6. The highest BCUT2D eigenvalue weighted by Crippen LogP contribution is 2.42. The standard InChI is InChI=1S/C46H74IN7O4Si2/c1-30(2)57-44-42(47)43(53(51-44)23-25-56-59(15,16)46(11,12)13)35(10)48-28-34(9)58-45-38(29-49-52(45)14)36-20-21-40-37(27-36)39(50-54(40)41-19-17-18-24-55-41)22-26-60(31(3)4,32(5)6)33(7)8/h20-21,27,29-35,41,48H,17-19,23-25,28H2,1-16H3. The van der Waals surface area contributed by atoms with Gasteiger partial charge >= 0.3 is 0 Å². The average Bonchev–Trinajstić information content (AvgIpc) is 3.81. The van der Waals surface area contributed by atoms with Crippen LogP contribution in [0.25, 0.3) is 22.0 Å². The van der Waals surface area contributed by atoms with Crippen molar-refractivity contribution < 1.29 is 18.6 Å². The van der Waals surface area contributed by atoms with E-state index in [0.29, 0.717) is 48.1 Å². The quantitative estimate of drug-likeness (QED) is 0.0634. The van der Waals surface area contributed by atoms with Crippen LogP contribution in [0, 0.1) is 15.0 Å². The topological polar surface area (TPSA) is 102 Å². The van der Waals surface area contributed by atoms with Gasteiger partial charge in [-0.25, -0.2) is 9.36 Å². The molecule has 1 aromatic carbocycles. The Morgan fingerprint density at radius 1 is 0.967 bits per heavy atom. The minimum atomic E-state index is -2.00. The van der Waals surface area contributed by atoms with Crippen molar-refractivity contribution in [1.82, 2.24) is 34.7 Å². The Labute approximate surface area is 376 Å². The predicted octanol–water partition coefficient (Wildman–Crippen LogP) is 11.4. The molecule has 0 aliphatic carbocycles. The van der Waals surface area contributed by atoms with E-state index < -0.39 is 16.4 Å². The zero-order valence-corrected chi connectivity index (χ0v) is 43.7. The summed E-state index contributed by atoms with van der Waals surface area (Å²) >= 11 is 2.38. The molecule has 0 spiro atoms. The van der Waals surface area contributed by atoms with Gasteiger partial charge in [-0.05, 0) is 122 Å². The highest BCUT2D eigenvalue weighted by Gasteiger charge is 2.42. The molecular formula is C46H74IN7O4Si2. The van der Waals surface area contributed by atoms with Crippen LogP contribution >= 0.6 is 22.6 Å². The van der Waals surface area contributed by atoms with Gasteiger partial charge in [-0.2, -0.15) is 10.2 Å². The maximum absolute atomic E-state index is 6.73. The molecular weight excluding hydrogens is 898 g/mol. The Balaban J connectivity index is 1.41. The lowest BCUT2D eigenvalue weighted by atomic mass is 10.1. The summed E-state index contributed by atoms with van der Waals surface area (Å²) < 4.78 is 32.7. The molecule has 0 amide bonds. The first-order valence-corrected chi connectivity index (χ1v) is 28.5. The molecule has 332 valence electrons. The molecule has 4 aromatic rings. The Morgan fingerprint density at radius 3 is 2.25 bits per heavy atom. The van der Waals surface area contributed by atoms with Gasteiger partial charge < -0.3 is 24.0 Å². The lowest BCUT2D eigenvalue weighted by Crippen LogP contribution is -2.43. The van der Waals surface area contributed by atoms with Crippen LogP contribution < -0.4 is 14.8 Å². The third kappa shape index (κ3) is 10.6. The molecule has 1 aliphatic heterocycles. The third-order valence-corrected chi connectivity index (χ3v) is 24.7. The fraction of sp³-hybridized carbons (Fsp3) is 0.674. The minimum absolute atomic E-state index is 0.0191. The van der Waals surface area contributed by atoms with Crippen molar-refractivity contribution in [3.05, 3.63) is 39.4 Å². The van der Waals surface area contributed by atoms with Crippen LogP contribution in [0.1, 0.15) is 133 Å². The summed E-state index contributed by atoms with van der Waals surface area (Å²) in [5.41, 5.74) is 10.4. The van der Waals surface area contributed by atoms with E-state index in [9.17, 15) is 0 Å². The molecule has 0 bridgehead atoms. The van der Waals surface area contributed by atoms with Gasteiger partial charge in [0.15, 0.2) is 14.5 Å². The number of aryl methyl sites for hydroxylation is 1. The first-order valence-electron chi connectivity index (χ1n) is 22.2. The number of aromatic nitrogens is 6. The molecule has 0 radical (unpaired) electrons. The smallest absolute Gasteiger partial charge is 0.247 e. The van der Waals surface area contributed by atoms with Gasteiger partial charge in [0.1, 0.15) is 19.9 Å². The van der Waals surface area contributed by atoms with Crippen LogP contribution in [-0.4, -0.2) is 77.7 Å². The molecule has 11 nitrogen and oxygen atoms in total. The highest BCUT2D eigenvalue weighted by atomic mass is 127. The number of rotatable bonds is 17. The van der Waals surface area contributed by atoms with E-state index in [1.165, 1.54) is 0 Å². The third-order valence-electron chi connectivity index (χ3n) is 12.8. The molecule has 3 aromatic heterocycles. The van der Waals surface area contributed by atoms with Crippen LogP contribution in [0.3, 0.4) is 0 Å². The zero-order chi connectivity index (χ0) is 44.3. The van der Waals surface area contributed by atoms with Crippen LogP contribution in [-0.2, 0) is 22.8 Å². The van der Waals surface area contributed by atoms with Gasteiger partial charge in [0.2, 0.25) is 11.8 Å². The maximum Gasteiger partial charge on any atom is 0.247 e. The van der Waals surface area contributed by atoms with Gasteiger partial charge in [0, 0.05) is 31.6 Å². The predicted molar refractivity (Wildman–Crippen MR) is 259 cm³/mol. The number of halogens is 1. The summed E-state index contributed by atoms with van der Waals surface area (Å²) in [5.74, 6) is 5.07. The van der Waals surface area contributed by atoms with Crippen molar-refractivity contribution in [2.24, 2.45) is 7.05 Å². The molecule has 1 fully saturated rings. The number of hydrogen-bond donors (Lipinski definition) is 1. The Hall–Kier alpha value is -2.69. The number of hydrogen-bond acceptors (Lipinski definition) is 8. The molecule has 0 saturated carbocycles. The van der Waals surface area contributed by atoms with E-state index in [4.69, 9.17) is 28.8 Å². The van der Waals surface area contributed by atoms with Crippen LogP contribution in [0.2, 0.25) is 34.8 Å². The van der Waals surface area contributed by atoms with Gasteiger partial charge in [0.25, 0.3) is 0 Å². The normalized spacial score (nSPS) is 16.6. The maximum atomic E-state index is 6.73. The molecule has 1 aliphatic rings. The second kappa shape index (κ2) is 19.8. The first-order chi connectivity index (χ1) is 28.1. The average molecular weight is 972 g/mol. The molecule has 14 heteroatoms. The van der Waals surface area contributed by atoms with E-state index in [0.717, 1.165) is 62.9 Å².